The Hall–Kier alpha value is -1.32. The molecule has 1 unspecified atom stereocenters. The van der Waals surface area contributed by atoms with E-state index in [9.17, 15) is 0 Å². The molecule has 0 saturated carbocycles. The Balaban J connectivity index is 1.62. The van der Waals surface area contributed by atoms with Gasteiger partial charge in [0.2, 0.25) is 0 Å². The van der Waals surface area contributed by atoms with Gasteiger partial charge in [-0.2, -0.15) is 0 Å². The van der Waals surface area contributed by atoms with Crippen LogP contribution in [0.15, 0.2) is 30.5 Å². The highest BCUT2D eigenvalue weighted by Crippen LogP contribution is 2.20. The number of benzene rings is 1. The third-order valence-corrected chi connectivity index (χ3v) is 4.13. The molecule has 2 aromatic rings. The summed E-state index contributed by atoms with van der Waals surface area (Å²) in [6.07, 6.45) is 4.92. The van der Waals surface area contributed by atoms with Gasteiger partial charge >= 0.3 is 0 Å². The van der Waals surface area contributed by atoms with Crippen LogP contribution in [0.1, 0.15) is 18.4 Å². The van der Waals surface area contributed by atoms with Crippen LogP contribution in [0.3, 0.4) is 0 Å². The first-order valence-electron chi connectivity index (χ1n) is 7.29. The molecule has 2 N–H and O–H groups in total. The highest BCUT2D eigenvalue weighted by Gasteiger charge is 2.12. The monoisotopic (exact) mass is 257 g/mol. The standard InChI is InChI=1S/C16H23N3/c1-19-12-14(15-6-2-3-7-16(15)19)11-18-10-13-5-4-8-17-9-13/h2-3,6-7,12-13,17-18H,4-5,8-11H2,1H3. The zero-order valence-electron chi connectivity index (χ0n) is 11.7. The van der Waals surface area contributed by atoms with Gasteiger partial charge < -0.3 is 15.2 Å². The molecule has 19 heavy (non-hydrogen) atoms. The average Bonchev–Trinajstić information content (AvgIpc) is 2.78. The highest BCUT2D eigenvalue weighted by atomic mass is 14.9. The van der Waals surface area contributed by atoms with E-state index in [1.165, 1.54) is 42.4 Å². The smallest absolute Gasteiger partial charge is 0.0481 e. The summed E-state index contributed by atoms with van der Waals surface area (Å²) in [4.78, 5) is 0. The van der Waals surface area contributed by atoms with E-state index in [0.29, 0.717) is 0 Å². The molecular formula is C16H23N3. The first-order chi connectivity index (χ1) is 9.34. The number of nitrogens with zero attached hydrogens (tertiary/aromatic N) is 1. The number of rotatable bonds is 4. The molecular weight excluding hydrogens is 234 g/mol. The number of piperidine rings is 1. The summed E-state index contributed by atoms with van der Waals surface area (Å²) in [5.41, 5.74) is 2.72. The molecule has 0 radical (unpaired) electrons. The van der Waals surface area contributed by atoms with Crippen molar-refractivity contribution in [2.75, 3.05) is 19.6 Å². The number of aryl methyl sites for hydroxylation is 1. The molecule has 0 amide bonds. The largest absolute Gasteiger partial charge is 0.350 e. The van der Waals surface area contributed by atoms with E-state index in [1.54, 1.807) is 0 Å². The molecule has 3 rings (SSSR count). The predicted molar refractivity (Wildman–Crippen MR) is 80.2 cm³/mol. The maximum Gasteiger partial charge on any atom is 0.0481 e. The lowest BCUT2D eigenvalue weighted by molar-refractivity contribution is 0.360. The minimum absolute atomic E-state index is 0.795. The van der Waals surface area contributed by atoms with Gasteiger partial charge in [-0.3, -0.25) is 0 Å². The quantitative estimate of drug-likeness (QED) is 0.880. The fraction of sp³-hybridized carbons (Fsp3) is 0.500. The molecule has 1 fully saturated rings. The lowest BCUT2D eigenvalue weighted by Gasteiger charge is -2.22. The van der Waals surface area contributed by atoms with Crippen LogP contribution in [0.4, 0.5) is 0 Å². The highest BCUT2D eigenvalue weighted by molar-refractivity contribution is 5.83. The Morgan fingerprint density at radius 3 is 3.11 bits per heavy atom. The second kappa shape index (κ2) is 5.76. The molecule has 0 aliphatic carbocycles. The van der Waals surface area contributed by atoms with Gasteiger partial charge in [0, 0.05) is 30.7 Å². The number of para-hydroxylation sites is 1. The van der Waals surface area contributed by atoms with E-state index in [1.807, 2.05) is 0 Å². The van der Waals surface area contributed by atoms with Crippen molar-refractivity contribution in [3.8, 4) is 0 Å². The van der Waals surface area contributed by atoms with Crippen LogP contribution in [0, 0.1) is 5.92 Å². The van der Waals surface area contributed by atoms with E-state index in [-0.39, 0.29) is 0 Å². The second-order valence-corrected chi connectivity index (χ2v) is 5.63. The zero-order valence-corrected chi connectivity index (χ0v) is 11.7. The summed E-state index contributed by atoms with van der Waals surface area (Å²) in [6, 6.07) is 8.63. The normalized spacial score (nSPS) is 19.9. The molecule has 3 heteroatoms. The molecule has 2 heterocycles. The van der Waals surface area contributed by atoms with E-state index in [4.69, 9.17) is 0 Å². The fourth-order valence-electron chi connectivity index (χ4n) is 3.08. The molecule has 0 bridgehead atoms. The first-order valence-corrected chi connectivity index (χ1v) is 7.29. The van der Waals surface area contributed by atoms with Crippen molar-refractivity contribution >= 4 is 10.9 Å². The van der Waals surface area contributed by atoms with Crippen LogP contribution >= 0.6 is 0 Å². The van der Waals surface area contributed by atoms with Gasteiger partial charge in [0.15, 0.2) is 0 Å². The van der Waals surface area contributed by atoms with Gasteiger partial charge in [0.25, 0.3) is 0 Å². The van der Waals surface area contributed by atoms with Crippen LogP contribution < -0.4 is 10.6 Å². The number of hydrogen-bond donors (Lipinski definition) is 2. The van der Waals surface area contributed by atoms with Crippen LogP contribution in [-0.4, -0.2) is 24.2 Å². The predicted octanol–water partition coefficient (Wildman–Crippen LogP) is 2.27. The van der Waals surface area contributed by atoms with Crippen LogP contribution in [0.25, 0.3) is 10.9 Å². The van der Waals surface area contributed by atoms with Crippen molar-refractivity contribution < 1.29 is 0 Å². The van der Waals surface area contributed by atoms with Gasteiger partial charge in [0.05, 0.1) is 0 Å². The molecule has 1 atom stereocenters. The van der Waals surface area contributed by atoms with Gasteiger partial charge in [-0.05, 0) is 50.0 Å². The summed E-state index contributed by atoms with van der Waals surface area (Å²) in [7, 11) is 2.12. The van der Waals surface area contributed by atoms with Crippen LogP contribution in [0.2, 0.25) is 0 Å². The van der Waals surface area contributed by atoms with Crippen molar-refractivity contribution in [1.29, 1.82) is 0 Å². The van der Waals surface area contributed by atoms with E-state index in [2.05, 4.69) is 52.7 Å². The van der Waals surface area contributed by atoms with Gasteiger partial charge in [0.1, 0.15) is 0 Å². The summed E-state index contributed by atoms with van der Waals surface area (Å²) < 4.78 is 2.22. The van der Waals surface area contributed by atoms with Crippen molar-refractivity contribution in [3.05, 3.63) is 36.0 Å². The Morgan fingerprint density at radius 1 is 1.37 bits per heavy atom. The molecule has 1 aliphatic heterocycles. The summed E-state index contributed by atoms with van der Waals surface area (Å²) in [6.45, 7) is 4.45. The summed E-state index contributed by atoms with van der Waals surface area (Å²) in [5.74, 6) is 0.795. The molecule has 102 valence electrons. The first kappa shape index (κ1) is 12.7. The van der Waals surface area contributed by atoms with Crippen molar-refractivity contribution in [2.45, 2.75) is 19.4 Å². The number of fused-ring (bicyclic) bond motifs is 1. The number of aromatic nitrogens is 1. The van der Waals surface area contributed by atoms with Crippen molar-refractivity contribution in [1.82, 2.24) is 15.2 Å². The number of hydrogen-bond acceptors (Lipinski definition) is 2. The Labute approximate surface area is 115 Å². The molecule has 1 aliphatic rings. The van der Waals surface area contributed by atoms with Gasteiger partial charge in [-0.15, -0.1) is 0 Å². The molecule has 1 aromatic carbocycles. The second-order valence-electron chi connectivity index (χ2n) is 5.63. The zero-order chi connectivity index (χ0) is 13.1. The maximum absolute atomic E-state index is 3.62. The number of nitrogens with one attached hydrogen (secondary N) is 2. The molecule has 1 saturated heterocycles. The van der Waals surface area contributed by atoms with E-state index >= 15 is 0 Å². The van der Waals surface area contributed by atoms with E-state index in [0.717, 1.165) is 19.0 Å². The van der Waals surface area contributed by atoms with Gasteiger partial charge in [-0.25, -0.2) is 0 Å². The maximum atomic E-state index is 3.62. The third-order valence-electron chi connectivity index (χ3n) is 4.13. The molecule has 3 nitrogen and oxygen atoms in total. The van der Waals surface area contributed by atoms with Crippen molar-refractivity contribution in [3.63, 3.8) is 0 Å². The minimum atomic E-state index is 0.795. The molecule has 1 aromatic heterocycles. The van der Waals surface area contributed by atoms with Crippen molar-refractivity contribution in [2.24, 2.45) is 13.0 Å². The Morgan fingerprint density at radius 2 is 2.26 bits per heavy atom. The fourth-order valence-corrected chi connectivity index (χ4v) is 3.08. The SMILES string of the molecule is Cn1cc(CNCC2CCCNC2)c2ccccc21. The lowest BCUT2D eigenvalue weighted by atomic mass is 10.00. The molecule has 0 spiro atoms. The van der Waals surface area contributed by atoms with Crippen LogP contribution in [0.5, 0.6) is 0 Å². The Bertz CT molecular complexity index is 538. The average molecular weight is 257 g/mol. The van der Waals surface area contributed by atoms with Gasteiger partial charge in [-0.1, -0.05) is 18.2 Å². The lowest BCUT2D eigenvalue weighted by Crippen LogP contribution is -2.35. The minimum Gasteiger partial charge on any atom is -0.350 e. The topological polar surface area (TPSA) is 29.0 Å². The summed E-state index contributed by atoms with van der Waals surface area (Å²) >= 11 is 0. The summed E-state index contributed by atoms with van der Waals surface area (Å²) in [5, 5.41) is 8.47. The van der Waals surface area contributed by atoms with Crippen LogP contribution in [-0.2, 0) is 13.6 Å². The van der Waals surface area contributed by atoms with E-state index < -0.39 is 0 Å². The third kappa shape index (κ3) is 2.82. The Kier molecular flexibility index (Phi) is 3.85.